The molecule has 11 heteroatoms. The Balaban J connectivity index is 0.00000146. The molecule has 0 fully saturated rings. The van der Waals surface area contributed by atoms with Gasteiger partial charge in [0.1, 0.15) is 6.04 Å². The third-order valence-electron chi connectivity index (χ3n) is 4.71. The molecule has 1 rings (SSSR count). The minimum Gasteiger partial charge on any atom is -0.478 e. The molecule has 0 heterocycles. The fourth-order valence-electron chi connectivity index (χ4n) is 2.72. The number of nitrogens with one attached hydrogen (secondary N) is 4. The fraction of sp³-hybridized carbons (Fsp3) is 0.591. The van der Waals surface area contributed by atoms with Gasteiger partial charge in [-0.3, -0.25) is 9.59 Å². The molecule has 0 saturated heterocycles. The average Bonchev–Trinajstić information content (AvgIpc) is 2.75. The SMILES string of the molecule is CCCCC(NC(=O)C(NC(=O)C(C)NC)C(C)C)(NS(C)(=O)=O)C(=O)O.c1ccccc1. The van der Waals surface area contributed by atoms with Crippen molar-refractivity contribution in [3.05, 3.63) is 36.4 Å². The molecule has 3 unspecified atom stereocenters. The summed E-state index contributed by atoms with van der Waals surface area (Å²) in [6.45, 7) is 6.80. The molecular formula is C22H38N4O6S. The molecule has 1 aromatic rings. The molecule has 0 radical (unpaired) electrons. The number of likely N-dealkylation sites (N-methyl/N-ethyl adjacent to an activating group) is 1. The number of rotatable bonds is 12. The van der Waals surface area contributed by atoms with Crippen LogP contribution >= 0.6 is 0 Å². The van der Waals surface area contributed by atoms with Crippen LogP contribution in [0.3, 0.4) is 0 Å². The first kappa shape index (κ1) is 30.5. The van der Waals surface area contributed by atoms with E-state index in [2.05, 4.69) is 16.0 Å². The third-order valence-corrected chi connectivity index (χ3v) is 5.43. The van der Waals surface area contributed by atoms with Crippen LogP contribution < -0.4 is 20.7 Å². The molecule has 0 aliphatic rings. The lowest BCUT2D eigenvalue weighted by Crippen LogP contribution is -2.68. The number of sulfonamides is 1. The lowest BCUT2D eigenvalue weighted by molar-refractivity contribution is -0.149. The van der Waals surface area contributed by atoms with Crippen molar-refractivity contribution in [3.63, 3.8) is 0 Å². The van der Waals surface area contributed by atoms with Crippen LogP contribution in [-0.2, 0) is 24.4 Å². The van der Waals surface area contributed by atoms with Crippen molar-refractivity contribution in [1.82, 2.24) is 20.7 Å². The van der Waals surface area contributed by atoms with E-state index in [1.54, 1.807) is 27.8 Å². The molecule has 0 bridgehead atoms. The van der Waals surface area contributed by atoms with Crippen molar-refractivity contribution >= 4 is 27.8 Å². The van der Waals surface area contributed by atoms with Crippen molar-refractivity contribution < 1.29 is 27.9 Å². The van der Waals surface area contributed by atoms with E-state index in [0.717, 1.165) is 6.26 Å². The van der Waals surface area contributed by atoms with Gasteiger partial charge >= 0.3 is 5.97 Å². The van der Waals surface area contributed by atoms with Gasteiger partial charge in [0.15, 0.2) is 0 Å². The molecule has 33 heavy (non-hydrogen) atoms. The van der Waals surface area contributed by atoms with Crippen molar-refractivity contribution in [1.29, 1.82) is 0 Å². The van der Waals surface area contributed by atoms with Gasteiger partial charge in [-0.1, -0.05) is 63.6 Å². The first-order valence-electron chi connectivity index (χ1n) is 10.8. The summed E-state index contributed by atoms with van der Waals surface area (Å²) in [5.74, 6) is -3.09. The second kappa shape index (κ2) is 14.6. The Morgan fingerprint density at radius 1 is 0.970 bits per heavy atom. The molecular weight excluding hydrogens is 448 g/mol. The zero-order chi connectivity index (χ0) is 25.7. The topological polar surface area (TPSA) is 154 Å². The molecule has 0 aliphatic heterocycles. The van der Waals surface area contributed by atoms with Crippen LogP contribution in [0.1, 0.15) is 47.0 Å². The molecule has 188 valence electrons. The number of carbonyl (C=O) groups is 3. The smallest absolute Gasteiger partial charge is 0.345 e. The first-order valence-corrected chi connectivity index (χ1v) is 12.7. The van der Waals surface area contributed by atoms with Crippen molar-refractivity contribution in [2.75, 3.05) is 13.3 Å². The standard InChI is InChI=1S/C16H32N4O6S.C6H6/c1-7-8-9-16(15(23)24,20-27(6,25)26)19-14(22)12(10(2)3)18-13(21)11(4)17-5;1-2-4-6-5-3-1/h10-12,17,20H,7-9H2,1-6H3,(H,18,21)(H,19,22)(H,23,24);1-6H. The highest BCUT2D eigenvalue weighted by molar-refractivity contribution is 7.88. The van der Waals surface area contributed by atoms with Crippen LogP contribution in [-0.4, -0.2) is 62.4 Å². The Morgan fingerprint density at radius 3 is 1.79 bits per heavy atom. The van der Waals surface area contributed by atoms with Crippen LogP contribution in [0.4, 0.5) is 0 Å². The van der Waals surface area contributed by atoms with Gasteiger partial charge in [0.05, 0.1) is 12.3 Å². The molecule has 3 atom stereocenters. The summed E-state index contributed by atoms with van der Waals surface area (Å²) in [7, 11) is -2.34. The van der Waals surface area contributed by atoms with Crippen LogP contribution in [0, 0.1) is 5.92 Å². The second-order valence-corrected chi connectivity index (χ2v) is 9.82. The number of carbonyl (C=O) groups excluding carboxylic acids is 2. The molecule has 2 amide bonds. The van der Waals surface area contributed by atoms with Gasteiger partial charge in [-0.05, 0) is 32.7 Å². The fourth-order valence-corrected chi connectivity index (χ4v) is 3.59. The van der Waals surface area contributed by atoms with E-state index >= 15 is 0 Å². The highest BCUT2D eigenvalue weighted by atomic mass is 32.2. The van der Waals surface area contributed by atoms with Gasteiger partial charge < -0.3 is 21.1 Å². The normalized spacial score (nSPS) is 14.8. The van der Waals surface area contributed by atoms with E-state index < -0.39 is 45.6 Å². The summed E-state index contributed by atoms with van der Waals surface area (Å²) >= 11 is 0. The number of carboxylic acids is 1. The number of hydrogen-bond donors (Lipinski definition) is 5. The maximum absolute atomic E-state index is 12.8. The zero-order valence-corrected chi connectivity index (χ0v) is 21.0. The summed E-state index contributed by atoms with van der Waals surface area (Å²) in [4.78, 5) is 36.7. The molecule has 0 aliphatic carbocycles. The van der Waals surface area contributed by atoms with Crippen LogP contribution in [0.5, 0.6) is 0 Å². The molecule has 0 saturated carbocycles. The molecule has 10 nitrogen and oxygen atoms in total. The summed E-state index contributed by atoms with van der Waals surface area (Å²) < 4.78 is 25.4. The van der Waals surface area contributed by atoms with Gasteiger partial charge in [-0.2, -0.15) is 4.72 Å². The maximum atomic E-state index is 12.8. The van der Waals surface area contributed by atoms with Crippen molar-refractivity contribution in [3.8, 4) is 0 Å². The van der Waals surface area contributed by atoms with Crippen molar-refractivity contribution in [2.45, 2.75) is 64.7 Å². The van der Waals surface area contributed by atoms with Crippen LogP contribution in [0.2, 0.25) is 0 Å². The Labute approximate surface area is 197 Å². The van der Waals surface area contributed by atoms with E-state index in [4.69, 9.17) is 0 Å². The van der Waals surface area contributed by atoms with E-state index in [-0.39, 0.29) is 12.3 Å². The largest absolute Gasteiger partial charge is 0.478 e. The Morgan fingerprint density at radius 2 is 1.45 bits per heavy atom. The maximum Gasteiger partial charge on any atom is 0.345 e. The van der Waals surface area contributed by atoms with E-state index in [9.17, 15) is 27.9 Å². The van der Waals surface area contributed by atoms with Gasteiger partial charge in [-0.15, -0.1) is 0 Å². The van der Waals surface area contributed by atoms with Crippen LogP contribution in [0.25, 0.3) is 0 Å². The predicted molar refractivity (Wildman–Crippen MR) is 128 cm³/mol. The average molecular weight is 487 g/mol. The van der Waals surface area contributed by atoms with E-state index in [1.807, 2.05) is 48.0 Å². The zero-order valence-electron chi connectivity index (χ0n) is 20.2. The first-order chi connectivity index (χ1) is 15.3. The minimum atomic E-state index is -3.93. The second-order valence-electron chi connectivity index (χ2n) is 8.07. The summed E-state index contributed by atoms with van der Waals surface area (Å²) in [6, 6.07) is 10.4. The summed E-state index contributed by atoms with van der Waals surface area (Å²) in [6.07, 6.45) is 1.65. The number of aliphatic carboxylic acids is 1. The Kier molecular flexibility index (Phi) is 13.5. The number of unbranched alkanes of at least 4 members (excludes halogenated alkanes) is 1. The molecule has 0 aromatic heterocycles. The number of amides is 2. The number of carboxylic acid groups (broad SMARTS) is 1. The number of hydrogen-bond acceptors (Lipinski definition) is 6. The monoisotopic (exact) mass is 486 g/mol. The molecule has 5 N–H and O–H groups in total. The highest BCUT2D eigenvalue weighted by Crippen LogP contribution is 2.15. The molecule has 0 spiro atoms. The highest BCUT2D eigenvalue weighted by Gasteiger charge is 2.44. The van der Waals surface area contributed by atoms with E-state index in [1.165, 1.54) is 0 Å². The summed E-state index contributed by atoms with van der Waals surface area (Å²) in [5, 5.41) is 17.3. The molecule has 1 aromatic carbocycles. The predicted octanol–water partition coefficient (Wildman–Crippen LogP) is 1.06. The lowest BCUT2D eigenvalue weighted by Gasteiger charge is -2.33. The Hall–Kier alpha value is -2.50. The quantitative estimate of drug-likeness (QED) is 0.277. The van der Waals surface area contributed by atoms with Gasteiger partial charge in [0, 0.05) is 0 Å². The minimum absolute atomic E-state index is 0.136. The van der Waals surface area contributed by atoms with Crippen LogP contribution in [0.15, 0.2) is 36.4 Å². The number of benzene rings is 1. The van der Waals surface area contributed by atoms with Crippen molar-refractivity contribution in [2.24, 2.45) is 5.92 Å². The van der Waals surface area contributed by atoms with Gasteiger partial charge in [0.2, 0.25) is 27.5 Å². The van der Waals surface area contributed by atoms with Gasteiger partial charge in [0.25, 0.3) is 0 Å². The third kappa shape index (κ3) is 11.8. The van der Waals surface area contributed by atoms with E-state index in [0.29, 0.717) is 12.8 Å². The summed E-state index contributed by atoms with van der Waals surface area (Å²) in [5.41, 5.74) is -2.19. The lowest BCUT2D eigenvalue weighted by atomic mass is 9.99. The van der Waals surface area contributed by atoms with Gasteiger partial charge in [-0.25, -0.2) is 13.2 Å². The Bertz CT molecular complexity index is 821.